The van der Waals surface area contributed by atoms with Gasteiger partial charge >= 0.3 is 0 Å². The van der Waals surface area contributed by atoms with Gasteiger partial charge in [-0.1, -0.05) is 6.07 Å². The van der Waals surface area contributed by atoms with Crippen LogP contribution in [0.5, 0.6) is 0 Å². The largest absolute Gasteiger partial charge is 0.337 e. The monoisotopic (exact) mass is 216 g/mol. The van der Waals surface area contributed by atoms with Gasteiger partial charge in [0.25, 0.3) is 0 Å². The first-order valence-corrected chi connectivity index (χ1v) is 5.53. The Morgan fingerprint density at radius 1 is 1.12 bits per heavy atom. The molecule has 0 bridgehead atoms. The van der Waals surface area contributed by atoms with Gasteiger partial charge in [0.2, 0.25) is 0 Å². The lowest BCUT2D eigenvalue weighted by molar-refractivity contribution is 0.614. The molecular weight excluding hydrogens is 200 g/mol. The van der Waals surface area contributed by atoms with Crippen molar-refractivity contribution >= 4 is 0 Å². The summed E-state index contributed by atoms with van der Waals surface area (Å²) in [7, 11) is 0. The van der Waals surface area contributed by atoms with Gasteiger partial charge < -0.3 is 10.3 Å². The minimum absolute atomic E-state index is 0.752. The summed E-state index contributed by atoms with van der Waals surface area (Å²) in [5, 5.41) is 0. The number of pyridine rings is 1. The maximum Gasteiger partial charge on any atom is 0.107 e. The Balaban J connectivity index is 2.02. The molecule has 0 saturated carbocycles. The lowest BCUT2D eigenvalue weighted by Gasteiger charge is -1.99. The molecule has 4 nitrogen and oxygen atoms in total. The fourth-order valence-corrected chi connectivity index (χ4v) is 1.57. The van der Waals surface area contributed by atoms with Gasteiger partial charge in [0.05, 0.1) is 12.0 Å². The zero-order chi connectivity index (χ0) is 11.2. The highest BCUT2D eigenvalue weighted by atomic mass is 15.0. The Labute approximate surface area is 95.1 Å². The van der Waals surface area contributed by atoms with E-state index < -0.39 is 0 Å². The average Bonchev–Trinajstić information content (AvgIpc) is 2.79. The highest BCUT2D eigenvalue weighted by Crippen LogP contribution is 2.13. The summed E-state index contributed by atoms with van der Waals surface area (Å²) in [6.07, 6.45) is 7.80. The van der Waals surface area contributed by atoms with E-state index in [9.17, 15) is 0 Å². The number of nitrogens with zero attached hydrogens (tertiary/aromatic N) is 3. The van der Waals surface area contributed by atoms with Crippen LogP contribution in [0.1, 0.15) is 12.8 Å². The van der Waals surface area contributed by atoms with Crippen LogP contribution in [0, 0.1) is 0 Å². The summed E-state index contributed by atoms with van der Waals surface area (Å²) in [6, 6.07) is 5.84. The summed E-state index contributed by atoms with van der Waals surface area (Å²) in [6.45, 7) is 1.72. The Bertz CT molecular complexity index is 422. The first-order chi connectivity index (χ1) is 7.90. The minimum Gasteiger partial charge on any atom is -0.337 e. The summed E-state index contributed by atoms with van der Waals surface area (Å²) in [5.74, 6) is 0. The van der Waals surface area contributed by atoms with E-state index in [-0.39, 0.29) is 0 Å². The van der Waals surface area contributed by atoms with Gasteiger partial charge in [0.1, 0.15) is 5.69 Å². The molecule has 0 atom stereocenters. The van der Waals surface area contributed by atoms with Crippen molar-refractivity contribution in [2.45, 2.75) is 19.4 Å². The quantitative estimate of drug-likeness (QED) is 0.774. The SMILES string of the molecule is NCCCCn1cnc(-c2ccccn2)c1. The smallest absolute Gasteiger partial charge is 0.107 e. The third-order valence-corrected chi connectivity index (χ3v) is 2.43. The predicted octanol–water partition coefficient (Wildman–Crippen LogP) is 1.68. The molecule has 0 unspecified atom stereocenters. The van der Waals surface area contributed by atoms with Crippen molar-refractivity contribution in [1.29, 1.82) is 0 Å². The van der Waals surface area contributed by atoms with Gasteiger partial charge in [0.15, 0.2) is 0 Å². The molecule has 2 N–H and O–H groups in total. The number of rotatable bonds is 5. The van der Waals surface area contributed by atoms with Crippen molar-refractivity contribution in [3.63, 3.8) is 0 Å². The van der Waals surface area contributed by atoms with Crippen molar-refractivity contribution in [2.75, 3.05) is 6.54 Å². The molecule has 0 amide bonds. The van der Waals surface area contributed by atoms with Gasteiger partial charge in [0, 0.05) is 18.9 Å². The number of nitrogens with two attached hydrogens (primary N) is 1. The van der Waals surface area contributed by atoms with Crippen molar-refractivity contribution < 1.29 is 0 Å². The normalized spacial score (nSPS) is 10.6. The van der Waals surface area contributed by atoms with E-state index in [4.69, 9.17) is 5.73 Å². The molecule has 84 valence electrons. The van der Waals surface area contributed by atoms with E-state index in [2.05, 4.69) is 14.5 Å². The number of aromatic nitrogens is 3. The molecule has 0 radical (unpaired) electrons. The highest BCUT2D eigenvalue weighted by Gasteiger charge is 2.01. The highest BCUT2D eigenvalue weighted by molar-refractivity contribution is 5.52. The maximum absolute atomic E-state index is 5.45. The topological polar surface area (TPSA) is 56.7 Å². The standard InChI is InChI=1S/C12H16N4/c13-6-2-4-8-16-9-12(15-10-16)11-5-1-3-7-14-11/h1,3,5,7,9-10H,2,4,6,8,13H2. The first-order valence-electron chi connectivity index (χ1n) is 5.53. The molecule has 0 saturated heterocycles. The summed E-state index contributed by atoms with van der Waals surface area (Å²) in [4.78, 5) is 8.60. The number of hydrogen-bond acceptors (Lipinski definition) is 3. The Morgan fingerprint density at radius 2 is 2.06 bits per heavy atom. The number of unbranched alkanes of at least 4 members (excludes halogenated alkanes) is 1. The van der Waals surface area contributed by atoms with E-state index in [0.29, 0.717) is 0 Å². The van der Waals surface area contributed by atoms with E-state index in [0.717, 1.165) is 37.3 Å². The summed E-state index contributed by atoms with van der Waals surface area (Å²) >= 11 is 0. The molecule has 0 aliphatic carbocycles. The van der Waals surface area contributed by atoms with Crippen LogP contribution in [0.25, 0.3) is 11.4 Å². The molecule has 0 aliphatic heterocycles. The summed E-state index contributed by atoms with van der Waals surface area (Å²) < 4.78 is 2.08. The Morgan fingerprint density at radius 3 is 2.81 bits per heavy atom. The predicted molar refractivity (Wildman–Crippen MR) is 63.7 cm³/mol. The van der Waals surface area contributed by atoms with Gasteiger partial charge in [-0.25, -0.2) is 4.98 Å². The van der Waals surface area contributed by atoms with Gasteiger partial charge in [-0.15, -0.1) is 0 Å². The number of imidazole rings is 1. The molecule has 0 aromatic carbocycles. The molecule has 2 rings (SSSR count). The van der Waals surface area contributed by atoms with Gasteiger partial charge in [-0.2, -0.15) is 0 Å². The third kappa shape index (κ3) is 2.67. The third-order valence-electron chi connectivity index (χ3n) is 2.43. The van der Waals surface area contributed by atoms with Crippen LogP contribution in [0.15, 0.2) is 36.9 Å². The first kappa shape index (κ1) is 10.8. The maximum atomic E-state index is 5.45. The van der Waals surface area contributed by atoms with Crippen LogP contribution in [0.4, 0.5) is 0 Å². The van der Waals surface area contributed by atoms with E-state index in [1.54, 1.807) is 6.20 Å². The lowest BCUT2D eigenvalue weighted by atomic mass is 10.3. The van der Waals surface area contributed by atoms with Crippen LogP contribution in [-0.4, -0.2) is 21.1 Å². The second-order valence-electron chi connectivity index (χ2n) is 3.71. The molecule has 0 spiro atoms. The fourth-order valence-electron chi connectivity index (χ4n) is 1.57. The molecule has 2 aromatic heterocycles. The molecule has 2 aromatic rings. The van der Waals surface area contributed by atoms with E-state index in [1.165, 1.54) is 0 Å². The van der Waals surface area contributed by atoms with Crippen molar-refractivity contribution in [3.8, 4) is 11.4 Å². The molecular formula is C12H16N4. The summed E-state index contributed by atoms with van der Waals surface area (Å²) in [5.41, 5.74) is 7.30. The minimum atomic E-state index is 0.752. The Kier molecular flexibility index (Phi) is 3.66. The van der Waals surface area contributed by atoms with Crippen molar-refractivity contribution in [1.82, 2.24) is 14.5 Å². The van der Waals surface area contributed by atoms with Gasteiger partial charge in [-0.05, 0) is 31.5 Å². The van der Waals surface area contributed by atoms with Crippen LogP contribution in [0.2, 0.25) is 0 Å². The van der Waals surface area contributed by atoms with Crippen molar-refractivity contribution in [3.05, 3.63) is 36.9 Å². The molecule has 0 fully saturated rings. The number of hydrogen-bond donors (Lipinski definition) is 1. The molecule has 2 heterocycles. The van der Waals surface area contributed by atoms with Crippen LogP contribution in [0.3, 0.4) is 0 Å². The van der Waals surface area contributed by atoms with Crippen molar-refractivity contribution in [2.24, 2.45) is 5.73 Å². The second-order valence-corrected chi connectivity index (χ2v) is 3.71. The van der Waals surface area contributed by atoms with Crippen LogP contribution < -0.4 is 5.73 Å². The van der Waals surface area contributed by atoms with Crippen LogP contribution in [-0.2, 0) is 6.54 Å². The Hall–Kier alpha value is -1.68. The second kappa shape index (κ2) is 5.42. The fraction of sp³-hybridized carbons (Fsp3) is 0.333. The lowest BCUT2D eigenvalue weighted by Crippen LogP contribution is -2.01. The average molecular weight is 216 g/mol. The van der Waals surface area contributed by atoms with E-state index in [1.807, 2.05) is 30.7 Å². The molecule has 0 aliphatic rings. The number of aryl methyl sites for hydroxylation is 1. The molecule has 16 heavy (non-hydrogen) atoms. The zero-order valence-electron chi connectivity index (χ0n) is 9.21. The molecule has 4 heteroatoms. The zero-order valence-corrected chi connectivity index (χ0v) is 9.21. The van der Waals surface area contributed by atoms with Crippen LogP contribution >= 0.6 is 0 Å². The van der Waals surface area contributed by atoms with Gasteiger partial charge in [-0.3, -0.25) is 4.98 Å². The van der Waals surface area contributed by atoms with E-state index >= 15 is 0 Å².